The SMILES string of the molecule is CCCC(C(=O)OCC)C1=NCC(c2cccc3ccccc23)O1. The summed E-state index contributed by atoms with van der Waals surface area (Å²) in [6.45, 7) is 4.78. The van der Waals surface area contributed by atoms with Gasteiger partial charge in [-0.25, -0.2) is 0 Å². The number of benzene rings is 2. The molecule has 2 unspecified atom stereocenters. The summed E-state index contributed by atoms with van der Waals surface area (Å²) in [6.07, 6.45) is 1.44. The number of hydrogen-bond donors (Lipinski definition) is 0. The molecule has 2 aromatic carbocycles. The summed E-state index contributed by atoms with van der Waals surface area (Å²) in [6, 6.07) is 14.4. The molecule has 0 aliphatic carbocycles. The highest BCUT2D eigenvalue weighted by atomic mass is 16.5. The van der Waals surface area contributed by atoms with Crippen LogP contribution in [0.15, 0.2) is 47.5 Å². The Morgan fingerprint density at radius 2 is 2.04 bits per heavy atom. The second-order valence-corrected chi connectivity index (χ2v) is 5.95. The van der Waals surface area contributed by atoms with Gasteiger partial charge in [0.25, 0.3) is 0 Å². The predicted octanol–water partition coefficient (Wildman–Crippen LogP) is 4.29. The molecule has 0 radical (unpaired) electrons. The maximum absolute atomic E-state index is 12.2. The van der Waals surface area contributed by atoms with E-state index < -0.39 is 5.92 Å². The smallest absolute Gasteiger partial charge is 0.318 e. The minimum absolute atomic E-state index is 0.139. The molecule has 0 saturated carbocycles. The van der Waals surface area contributed by atoms with E-state index in [2.05, 4.69) is 29.3 Å². The summed E-state index contributed by atoms with van der Waals surface area (Å²) < 4.78 is 11.3. The monoisotopic (exact) mass is 325 g/mol. The van der Waals surface area contributed by atoms with E-state index in [1.807, 2.05) is 32.0 Å². The largest absolute Gasteiger partial charge is 0.470 e. The van der Waals surface area contributed by atoms with Crippen LogP contribution >= 0.6 is 0 Å². The highest BCUT2D eigenvalue weighted by Gasteiger charge is 2.33. The van der Waals surface area contributed by atoms with Crippen LogP contribution in [-0.4, -0.2) is 25.0 Å². The topological polar surface area (TPSA) is 47.9 Å². The second kappa shape index (κ2) is 7.47. The minimum Gasteiger partial charge on any atom is -0.470 e. The standard InChI is InChI=1S/C20H23NO3/c1-3-8-17(20(22)23-4-2)19-21-13-18(24-19)16-12-7-10-14-9-5-6-11-15(14)16/h5-7,9-12,17-18H,3-4,8,13H2,1-2H3. The number of nitrogens with zero attached hydrogens (tertiary/aromatic N) is 1. The number of esters is 1. The quantitative estimate of drug-likeness (QED) is 0.744. The Bertz CT molecular complexity index is 748. The highest BCUT2D eigenvalue weighted by Crippen LogP contribution is 2.32. The zero-order valence-corrected chi connectivity index (χ0v) is 14.2. The van der Waals surface area contributed by atoms with E-state index in [-0.39, 0.29) is 12.1 Å². The van der Waals surface area contributed by atoms with Gasteiger partial charge in [-0.05, 0) is 24.1 Å². The first-order valence-electron chi connectivity index (χ1n) is 8.59. The summed E-state index contributed by atoms with van der Waals surface area (Å²) in [4.78, 5) is 16.7. The van der Waals surface area contributed by atoms with Crippen molar-refractivity contribution in [3.05, 3.63) is 48.0 Å². The van der Waals surface area contributed by atoms with Crippen molar-refractivity contribution in [1.29, 1.82) is 0 Å². The predicted molar refractivity (Wildman–Crippen MR) is 95.1 cm³/mol. The maximum atomic E-state index is 12.2. The molecule has 0 bridgehead atoms. The average molecular weight is 325 g/mol. The van der Waals surface area contributed by atoms with Crippen molar-refractivity contribution in [2.24, 2.45) is 10.9 Å². The molecule has 1 heterocycles. The Morgan fingerprint density at radius 1 is 1.25 bits per heavy atom. The van der Waals surface area contributed by atoms with Crippen LogP contribution < -0.4 is 0 Å². The summed E-state index contributed by atoms with van der Waals surface area (Å²) in [5, 5.41) is 2.35. The van der Waals surface area contributed by atoms with Gasteiger partial charge >= 0.3 is 5.97 Å². The average Bonchev–Trinajstić information content (AvgIpc) is 3.08. The molecule has 0 saturated heterocycles. The van der Waals surface area contributed by atoms with Crippen LogP contribution in [0.5, 0.6) is 0 Å². The van der Waals surface area contributed by atoms with E-state index in [9.17, 15) is 4.79 Å². The van der Waals surface area contributed by atoms with Crippen molar-refractivity contribution < 1.29 is 14.3 Å². The zero-order chi connectivity index (χ0) is 16.9. The van der Waals surface area contributed by atoms with Crippen molar-refractivity contribution in [2.45, 2.75) is 32.8 Å². The first-order valence-corrected chi connectivity index (χ1v) is 8.59. The molecular weight excluding hydrogens is 302 g/mol. The van der Waals surface area contributed by atoms with Gasteiger partial charge in [0.05, 0.1) is 13.2 Å². The van der Waals surface area contributed by atoms with Gasteiger partial charge in [0.2, 0.25) is 0 Å². The molecule has 0 N–H and O–H groups in total. The van der Waals surface area contributed by atoms with E-state index in [0.29, 0.717) is 25.5 Å². The van der Waals surface area contributed by atoms with Gasteiger partial charge in [-0.2, -0.15) is 0 Å². The second-order valence-electron chi connectivity index (χ2n) is 5.95. The third-order valence-electron chi connectivity index (χ3n) is 4.29. The van der Waals surface area contributed by atoms with E-state index in [1.54, 1.807) is 0 Å². The first-order chi connectivity index (χ1) is 11.7. The molecule has 24 heavy (non-hydrogen) atoms. The summed E-state index contributed by atoms with van der Waals surface area (Å²) in [7, 11) is 0. The van der Waals surface area contributed by atoms with Crippen LogP contribution in [0.2, 0.25) is 0 Å². The molecular formula is C20H23NO3. The number of carbonyl (C=O) groups excluding carboxylic acids is 1. The molecule has 4 nitrogen and oxygen atoms in total. The molecule has 0 fully saturated rings. The number of rotatable bonds is 6. The Kier molecular flexibility index (Phi) is 5.14. The Hall–Kier alpha value is -2.36. The number of carbonyl (C=O) groups is 1. The lowest BCUT2D eigenvalue weighted by atomic mass is 10.0. The lowest BCUT2D eigenvalue weighted by Gasteiger charge is -2.18. The molecule has 2 aromatic rings. The van der Waals surface area contributed by atoms with Crippen molar-refractivity contribution in [3.63, 3.8) is 0 Å². The zero-order valence-electron chi connectivity index (χ0n) is 14.2. The highest BCUT2D eigenvalue weighted by molar-refractivity contribution is 5.98. The Labute approximate surface area is 142 Å². The molecule has 2 atom stereocenters. The third-order valence-corrected chi connectivity index (χ3v) is 4.29. The number of aliphatic imine (C=N–C) groups is 1. The molecule has 0 spiro atoms. The fraction of sp³-hybridized carbons (Fsp3) is 0.400. The van der Waals surface area contributed by atoms with Crippen molar-refractivity contribution in [3.8, 4) is 0 Å². The van der Waals surface area contributed by atoms with E-state index in [4.69, 9.17) is 9.47 Å². The third kappa shape index (κ3) is 3.28. The Morgan fingerprint density at radius 3 is 2.83 bits per heavy atom. The normalized spacial score (nSPS) is 18.1. The summed E-state index contributed by atoms with van der Waals surface area (Å²) in [5.74, 6) is -0.111. The molecule has 0 amide bonds. The molecule has 0 aromatic heterocycles. The fourth-order valence-electron chi connectivity index (χ4n) is 3.15. The van der Waals surface area contributed by atoms with Crippen LogP contribution in [0.3, 0.4) is 0 Å². The molecule has 1 aliphatic rings. The van der Waals surface area contributed by atoms with Gasteiger partial charge in [0.15, 0.2) is 5.90 Å². The maximum Gasteiger partial charge on any atom is 0.318 e. The lowest BCUT2D eigenvalue weighted by molar-refractivity contribution is -0.146. The molecule has 3 rings (SSSR count). The number of fused-ring (bicyclic) bond motifs is 1. The van der Waals surface area contributed by atoms with E-state index in [0.717, 1.165) is 12.0 Å². The first kappa shape index (κ1) is 16.5. The van der Waals surface area contributed by atoms with Gasteiger partial charge in [0, 0.05) is 5.56 Å². The summed E-state index contributed by atoms with van der Waals surface area (Å²) >= 11 is 0. The van der Waals surface area contributed by atoms with Gasteiger partial charge in [-0.3, -0.25) is 9.79 Å². The number of ether oxygens (including phenoxy) is 2. The van der Waals surface area contributed by atoms with Gasteiger partial charge in [-0.1, -0.05) is 55.8 Å². The molecule has 126 valence electrons. The number of hydrogen-bond acceptors (Lipinski definition) is 4. The van der Waals surface area contributed by atoms with Gasteiger partial charge in [-0.15, -0.1) is 0 Å². The van der Waals surface area contributed by atoms with Crippen molar-refractivity contribution in [1.82, 2.24) is 0 Å². The van der Waals surface area contributed by atoms with Crippen molar-refractivity contribution >= 4 is 22.6 Å². The van der Waals surface area contributed by atoms with Crippen LogP contribution in [0, 0.1) is 5.92 Å². The summed E-state index contributed by atoms with van der Waals surface area (Å²) in [5.41, 5.74) is 1.12. The van der Waals surface area contributed by atoms with Gasteiger partial charge < -0.3 is 9.47 Å². The minimum atomic E-state index is -0.394. The van der Waals surface area contributed by atoms with Crippen LogP contribution in [-0.2, 0) is 14.3 Å². The van der Waals surface area contributed by atoms with Crippen LogP contribution in [0.4, 0.5) is 0 Å². The van der Waals surface area contributed by atoms with E-state index >= 15 is 0 Å². The molecule has 4 heteroatoms. The Balaban J connectivity index is 1.81. The lowest BCUT2D eigenvalue weighted by Crippen LogP contribution is -2.27. The van der Waals surface area contributed by atoms with Crippen molar-refractivity contribution in [2.75, 3.05) is 13.2 Å². The van der Waals surface area contributed by atoms with E-state index in [1.165, 1.54) is 10.8 Å². The van der Waals surface area contributed by atoms with Gasteiger partial charge in [0.1, 0.15) is 12.0 Å². The fourth-order valence-corrected chi connectivity index (χ4v) is 3.15. The van der Waals surface area contributed by atoms with Crippen LogP contribution in [0.25, 0.3) is 10.8 Å². The van der Waals surface area contributed by atoms with Crippen LogP contribution in [0.1, 0.15) is 38.4 Å². The molecule has 1 aliphatic heterocycles.